The predicted molar refractivity (Wildman–Crippen MR) is 68.8 cm³/mol. The number of hydrogen-bond donors (Lipinski definition) is 1. The minimum absolute atomic E-state index is 0.597. The van der Waals surface area contributed by atoms with Crippen molar-refractivity contribution in [3.8, 4) is 11.1 Å². The Labute approximate surface area is 101 Å². The van der Waals surface area contributed by atoms with Gasteiger partial charge >= 0.3 is 0 Å². The van der Waals surface area contributed by atoms with Crippen molar-refractivity contribution in [3.05, 3.63) is 42.2 Å². The molecule has 1 heterocycles. The van der Waals surface area contributed by atoms with E-state index in [9.17, 15) is 0 Å². The van der Waals surface area contributed by atoms with Crippen molar-refractivity contribution in [1.29, 1.82) is 0 Å². The largest absolute Gasteiger partial charge is 0.351 e. The molecule has 1 N–H and O–H groups in total. The van der Waals surface area contributed by atoms with Crippen molar-refractivity contribution in [3.63, 3.8) is 0 Å². The van der Waals surface area contributed by atoms with Crippen molar-refractivity contribution in [2.75, 3.05) is 5.32 Å². The zero-order valence-corrected chi connectivity index (χ0v) is 9.85. The summed E-state index contributed by atoms with van der Waals surface area (Å²) in [5.41, 5.74) is 3.49. The molecule has 1 aromatic heterocycles. The molecular weight excluding hydrogens is 210 g/mol. The molecule has 0 bridgehead atoms. The number of benzene rings is 1. The second-order valence-corrected chi connectivity index (χ2v) is 4.58. The molecule has 0 atom stereocenters. The van der Waals surface area contributed by atoms with Gasteiger partial charge in [0, 0.05) is 24.0 Å². The maximum Gasteiger partial charge on any atom is 0.222 e. The molecule has 0 saturated heterocycles. The normalized spacial score (nSPS) is 14.6. The highest BCUT2D eigenvalue weighted by Crippen LogP contribution is 2.23. The summed E-state index contributed by atoms with van der Waals surface area (Å²) in [4.78, 5) is 8.67. The summed E-state index contributed by atoms with van der Waals surface area (Å²) in [5, 5.41) is 3.28. The molecule has 3 rings (SSSR count). The van der Waals surface area contributed by atoms with Crippen molar-refractivity contribution < 1.29 is 0 Å². The topological polar surface area (TPSA) is 37.8 Å². The summed E-state index contributed by atoms with van der Waals surface area (Å²) in [7, 11) is 0. The van der Waals surface area contributed by atoms with Crippen LogP contribution in [0.1, 0.15) is 18.4 Å². The zero-order chi connectivity index (χ0) is 11.7. The minimum atomic E-state index is 0.597. The molecule has 2 aromatic rings. The first kappa shape index (κ1) is 10.3. The first-order valence-electron chi connectivity index (χ1n) is 5.97. The lowest BCUT2D eigenvalue weighted by Gasteiger charge is -2.04. The zero-order valence-electron chi connectivity index (χ0n) is 9.85. The van der Waals surface area contributed by atoms with Gasteiger partial charge in [-0.25, -0.2) is 9.97 Å². The van der Waals surface area contributed by atoms with Crippen LogP contribution in [0.25, 0.3) is 11.1 Å². The SMILES string of the molecule is Cc1ccc(-c2cnc(NC3CC3)nc2)cc1. The Morgan fingerprint density at radius 1 is 1.00 bits per heavy atom. The van der Waals surface area contributed by atoms with Crippen LogP contribution in [0.4, 0.5) is 5.95 Å². The molecule has 86 valence electrons. The van der Waals surface area contributed by atoms with E-state index < -0.39 is 0 Å². The Kier molecular flexibility index (Phi) is 2.52. The van der Waals surface area contributed by atoms with Gasteiger partial charge in [0.15, 0.2) is 0 Å². The van der Waals surface area contributed by atoms with Crippen LogP contribution in [0, 0.1) is 6.92 Å². The maximum absolute atomic E-state index is 4.34. The third-order valence-corrected chi connectivity index (χ3v) is 2.95. The number of nitrogens with zero attached hydrogens (tertiary/aromatic N) is 2. The van der Waals surface area contributed by atoms with Crippen molar-refractivity contribution in [2.45, 2.75) is 25.8 Å². The molecule has 1 aliphatic rings. The molecule has 3 nitrogen and oxygen atoms in total. The van der Waals surface area contributed by atoms with Crippen molar-refractivity contribution >= 4 is 5.95 Å². The van der Waals surface area contributed by atoms with Crippen LogP contribution in [0.2, 0.25) is 0 Å². The van der Waals surface area contributed by atoms with E-state index in [1.807, 2.05) is 12.4 Å². The van der Waals surface area contributed by atoms with E-state index in [1.54, 1.807) is 0 Å². The van der Waals surface area contributed by atoms with E-state index in [1.165, 1.54) is 18.4 Å². The minimum Gasteiger partial charge on any atom is -0.351 e. The van der Waals surface area contributed by atoms with E-state index in [-0.39, 0.29) is 0 Å². The Balaban J connectivity index is 1.80. The molecule has 17 heavy (non-hydrogen) atoms. The third-order valence-electron chi connectivity index (χ3n) is 2.95. The van der Waals surface area contributed by atoms with Crippen LogP contribution >= 0.6 is 0 Å². The number of aromatic nitrogens is 2. The van der Waals surface area contributed by atoms with Crippen LogP contribution in [0.3, 0.4) is 0 Å². The Morgan fingerprint density at radius 3 is 2.24 bits per heavy atom. The molecule has 0 unspecified atom stereocenters. The van der Waals surface area contributed by atoms with E-state index in [0.717, 1.165) is 17.1 Å². The molecule has 0 spiro atoms. The van der Waals surface area contributed by atoms with E-state index in [4.69, 9.17) is 0 Å². The summed E-state index contributed by atoms with van der Waals surface area (Å²) in [6.07, 6.45) is 6.23. The van der Waals surface area contributed by atoms with Crippen LogP contribution in [-0.4, -0.2) is 16.0 Å². The van der Waals surface area contributed by atoms with Gasteiger partial charge < -0.3 is 5.32 Å². The van der Waals surface area contributed by atoms with Gasteiger partial charge in [0.25, 0.3) is 0 Å². The van der Waals surface area contributed by atoms with Gasteiger partial charge in [-0.1, -0.05) is 29.8 Å². The molecule has 1 fully saturated rings. The predicted octanol–water partition coefficient (Wildman–Crippen LogP) is 3.03. The lowest BCUT2D eigenvalue weighted by Crippen LogP contribution is -2.04. The van der Waals surface area contributed by atoms with Gasteiger partial charge in [-0.3, -0.25) is 0 Å². The molecule has 0 radical (unpaired) electrons. The Morgan fingerprint density at radius 2 is 1.65 bits per heavy atom. The van der Waals surface area contributed by atoms with Crippen molar-refractivity contribution in [2.24, 2.45) is 0 Å². The summed E-state index contributed by atoms with van der Waals surface area (Å²) in [6.45, 7) is 2.09. The molecule has 3 heteroatoms. The molecule has 1 aliphatic carbocycles. The molecular formula is C14H15N3. The molecule has 0 aliphatic heterocycles. The summed E-state index contributed by atoms with van der Waals surface area (Å²) in [6, 6.07) is 9.00. The fourth-order valence-corrected chi connectivity index (χ4v) is 1.71. The van der Waals surface area contributed by atoms with Gasteiger partial charge in [0.1, 0.15) is 0 Å². The number of aryl methyl sites for hydroxylation is 1. The lowest BCUT2D eigenvalue weighted by atomic mass is 10.1. The van der Waals surface area contributed by atoms with Crippen LogP contribution < -0.4 is 5.32 Å². The highest BCUT2D eigenvalue weighted by atomic mass is 15.1. The number of anilines is 1. The van der Waals surface area contributed by atoms with Gasteiger partial charge in [-0.2, -0.15) is 0 Å². The number of nitrogens with one attached hydrogen (secondary N) is 1. The van der Waals surface area contributed by atoms with Gasteiger partial charge in [-0.15, -0.1) is 0 Å². The fourth-order valence-electron chi connectivity index (χ4n) is 1.71. The number of rotatable bonds is 3. The first-order valence-corrected chi connectivity index (χ1v) is 5.97. The third kappa shape index (κ3) is 2.44. The van der Waals surface area contributed by atoms with E-state index in [2.05, 4.69) is 46.5 Å². The highest BCUT2D eigenvalue weighted by molar-refractivity contribution is 5.62. The Hall–Kier alpha value is -1.90. The molecule has 1 saturated carbocycles. The smallest absolute Gasteiger partial charge is 0.222 e. The van der Waals surface area contributed by atoms with E-state index in [0.29, 0.717) is 6.04 Å². The second-order valence-electron chi connectivity index (χ2n) is 4.58. The summed E-state index contributed by atoms with van der Waals surface area (Å²) >= 11 is 0. The second kappa shape index (κ2) is 4.17. The van der Waals surface area contributed by atoms with Crippen LogP contribution in [-0.2, 0) is 0 Å². The monoisotopic (exact) mass is 225 g/mol. The summed E-state index contributed by atoms with van der Waals surface area (Å²) < 4.78 is 0. The van der Waals surface area contributed by atoms with Crippen LogP contribution in [0.15, 0.2) is 36.7 Å². The van der Waals surface area contributed by atoms with Crippen molar-refractivity contribution in [1.82, 2.24) is 9.97 Å². The Bertz CT molecular complexity index is 498. The molecule has 0 amide bonds. The first-order chi connectivity index (χ1) is 8.31. The molecule has 1 aromatic carbocycles. The average molecular weight is 225 g/mol. The quantitative estimate of drug-likeness (QED) is 0.872. The fraction of sp³-hybridized carbons (Fsp3) is 0.286. The van der Waals surface area contributed by atoms with Gasteiger partial charge in [0.05, 0.1) is 0 Å². The standard InChI is InChI=1S/C14H15N3/c1-10-2-4-11(5-3-10)12-8-15-14(16-9-12)17-13-6-7-13/h2-5,8-9,13H,6-7H2,1H3,(H,15,16,17). The highest BCUT2D eigenvalue weighted by Gasteiger charge is 2.21. The lowest BCUT2D eigenvalue weighted by molar-refractivity contribution is 1.05. The maximum atomic E-state index is 4.34. The van der Waals surface area contributed by atoms with E-state index >= 15 is 0 Å². The van der Waals surface area contributed by atoms with Gasteiger partial charge in [-0.05, 0) is 25.3 Å². The summed E-state index contributed by atoms with van der Waals surface area (Å²) in [5.74, 6) is 0.739. The average Bonchev–Trinajstić information content (AvgIpc) is 3.15. The van der Waals surface area contributed by atoms with Crippen LogP contribution in [0.5, 0.6) is 0 Å². The van der Waals surface area contributed by atoms with Gasteiger partial charge in [0.2, 0.25) is 5.95 Å². The number of hydrogen-bond acceptors (Lipinski definition) is 3.